The van der Waals surface area contributed by atoms with Crippen molar-refractivity contribution in [1.29, 1.82) is 0 Å². The molecule has 4 nitrogen and oxygen atoms in total. The van der Waals surface area contributed by atoms with E-state index in [1.54, 1.807) is 24.5 Å². The molecule has 0 aliphatic heterocycles. The summed E-state index contributed by atoms with van der Waals surface area (Å²) in [6.45, 7) is 0. The average molecular weight is 296 g/mol. The second-order valence-electron chi connectivity index (χ2n) is 4.28. The molecular weight excluding hydrogens is 279 g/mol. The van der Waals surface area contributed by atoms with E-state index >= 15 is 0 Å². The van der Waals surface area contributed by atoms with E-state index in [4.69, 9.17) is 15.3 Å². The van der Waals surface area contributed by atoms with Crippen molar-refractivity contribution in [2.24, 2.45) is 5.84 Å². The van der Waals surface area contributed by atoms with Crippen LogP contribution in [0.15, 0.2) is 29.6 Å². The fourth-order valence-electron chi connectivity index (χ4n) is 1.94. The molecule has 0 aliphatic rings. The van der Waals surface area contributed by atoms with Gasteiger partial charge in [-0.2, -0.15) is 0 Å². The summed E-state index contributed by atoms with van der Waals surface area (Å²) in [7, 11) is 3.07. The molecule has 0 spiro atoms. The number of hydrazine groups is 1. The highest BCUT2D eigenvalue weighted by Crippen LogP contribution is 2.29. The van der Waals surface area contributed by atoms with Crippen LogP contribution in [0.25, 0.3) is 0 Å². The quantitative estimate of drug-likeness (QED) is 0.635. The number of benzene rings is 1. The number of rotatable bonds is 6. The van der Waals surface area contributed by atoms with Gasteiger partial charge in [-0.15, -0.1) is 11.3 Å². The average Bonchev–Trinajstić information content (AvgIpc) is 2.93. The van der Waals surface area contributed by atoms with E-state index in [2.05, 4.69) is 5.43 Å². The summed E-state index contributed by atoms with van der Waals surface area (Å²) in [4.78, 5) is 1.04. The van der Waals surface area contributed by atoms with E-state index in [1.807, 2.05) is 17.5 Å². The van der Waals surface area contributed by atoms with E-state index in [9.17, 15) is 4.39 Å². The predicted octanol–water partition coefficient (Wildman–Crippen LogP) is 2.65. The lowest BCUT2D eigenvalue weighted by Crippen LogP contribution is -2.29. The lowest BCUT2D eigenvalue weighted by molar-refractivity contribution is 0.386. The summed E-state index contributed by atoms with van der Waals surface area (Å²) in [5.74, 6) is 6.26. The molecule has 0 bridgehead atoms. The summed E-state index contributed by atoms with van der Waals surface area (Å²) in [5, 5.41) is 1.91. The van der Waals surface area contributed by atoms with Gasteiger partial charge in [0.15, 0.2) is 11.6 Å². The van der Waals surface area contributed by atoms with Crippen molar-refractivity contribution >= 4 is 11.3 Å². The van der Waals surface area contributed by atoms with Crippen molar-refractivity contribution in [3.63, 3.8) is 0 Å². The van der Waals surface area contributed by atoms with Crippen LogP contribution in [0.5, 0.6) is 11.5 Å². The normalized spacial score (nSPS) is 12.2. The SMILES string of the molecule is COc1csc(C(Cc2ccc(OC)c(F)c2)NN)c1. The molecule has 6 heteroatoms. The van der Waals surface area contributed by atoms with Crippen LogP contribution in [0, 0.1) is 5.82 Å². The van der Waals surface area contributed by atoms with Crippen molar-refractivity contribution in [2.75, 3.05) is 14.2 Å². The second-order valence-corrected chi connectivity index (χ2v) is 5.22. The highest BCUT2D eigenvalue weighted by atomic mass is 32.1. The van der Waals surface area contributed by atoms with Gasteiger partial charge < -0.3 is 9.47 Å². The maximum absolute atomic E-state index is 13.7. The first kappa shape index (κ1) is 14.8. The van der Waals surface area contributed by atoms with Crippen LogP contribution in [0.2, 0.25) is 0 Å². The van der Waals surface area contributed by atoms with Gasteiger partial charge in [0.25, 0.3) is 0 Å². The largest absolute Gasteiger partial charge is 0.496 e. The Morgan fingerprint density at radius 3 is 2.65 bits per heavy atom. The van der Waals surface area contributed by atoms with E-state index in [0.717, 1.165) is 16.2 Å². The number of halogens is 1. The molecule has 1 unspecified atom stereocenters. The highest BCUT2D eigenvalue weighted by Gasteiger charge is 2.14. The summed E-state index contributed by atoms with van der Waals surface area (Å²) >= 11 is 1.55. The first-order valence-electron chi connectivity index (χ1n) is 6.09. The van der Waals surface area contributed by atoms with Gasteiger partial charge >= 0.3 is 0 Å². The molecule has 0 fully saturated rings. The number of hydrogen-bond acceptors (Lipinski definition) is 5. The number of methoxy groups -OCH3 is 2. The zero-order valence-corrected chi connectivity index (χ0v) is 12.2. The lowest BCUT2D eigenvalue weighted by atomic mass is 10.0. The van der Waals surface area contributed by atoms with E-state index < -0.39 is 0 Å². The Bertz CT molecular complexity index is 574. The zero-order valence-electron chi connectivity index (χ0n) is 11.4. The third-order valence-corrected chi connectivity index (χ3v) is 4.06. The fraction of sp³-hybridized carbons (Fsp3) is 0.286. The van der Waals surface area contributed by atoms with E-state index in [0.29, 0.717) is 6.42 Å². The molecule has 108 valence electrons. The van der Waals surface area contributed by atoms with Gasteiger partial charge in [0, 0.05) is 10.3 Å². The van der Waals surface area contributed by atoms with Gasteiger partial charge in [0.05, 0.1) is 20.3 Å². The molecular formula is C14H17FN2O2S. The Labute approximate surface area is 121 Å². The predicted molar refractivity (Wildman–Crippen MR) is 77.6 cm³/mol. The molecule has 2 rings (SSSR count). The smallest absolute Gasteiger partial charge is 0.165 e. The van der Waals surface area contributed by atoms with Crippen molar-refractivity contribution in [3.05, 3.63) is 45.9 Å². The number of ether oxygens (including phenoxy) is 2. The molecule has 1 atom stereocenters. The monoisotopic (exact) mass is 296 g/mol. The van der Waals surface area contributed by atoms with Crippen molar-refractivity contribution in [1.82, 2.24) is 5.43 Å². The molecule has 2 aromatic rings. The summed E-state index contributed by atoms with van der Waals surface area (Å²) in [5.41, 5.74) is 3.60. The number of nitrogens with one attached hydrogen (secondary N) is 1. The van der Waals surface area contributed by atoms with Gasteiger partial charge in [-0.3, -0.25) is 11.3 Å². The van der Waals surface area contributed by atoms with Crippen LogP contribution in [-0.4, -0.2) is 14.2 Å². The minimum atomic E-state index is -0.371. The van der Waals surface area contributed by atoms with Gasteiger partial charge in [0.1, 0.15) is 5.75 Å². The third kappa shape index (κ3) is 3.27. The standard InChI is InChI=1S/C14H17FN2O2S/c1-18-10-7-14(20-8-10)12(17-16)6-9-3-4-13(19-2)11(15)5-9/h3-5,7-8,12,17H,6,16H2,1-2H3. The molecule has 3 N–H and O–H groups in total. The Hall–Kier alpha value is -1.63. The maximum atomic E-state index is 13.7. The van der Waals surface area contributed by atoms with Crippen LogP contribution in [0.1, 0.15) is 16.5 Å². The summed E-state index contributed by atoms with van der Waals surface area (Å²) < 4.78 is 23.7. The molecule has 1 aromatic heterocycles. The van der Waals surface area contributed by atoms with Crippen molar-refractivity contribution in [2.45, 2.75) is 12.5 Å². The minimum Gasteiger partial charge on any atom is -0.496 e. The summed E-state index contributed by atoms with van der Waals surface area (Å²) in [6.07, 6.45) is 0.584. The Kier molecular flexibility index (Phi) is 4.94. The zero-order chi connectivity index (χ0) is 14.5. The first-order valence-corrected chi connectivity index (χ1v) is 6.97. The van der Waals surface area contributed by atoms with Gasteiger partial charge in [-0.25, -0.2) is 4.39 Å². The fourth-order valence-corrected chi connectivity index (χ4v) is 2.85. The topological polar surface area (TPSA) is 56.5 Å². The van der Waals surface area contributed by atoms with Crippen molar-refractivity contribution < 1.29 is 13.9 Å². The molecule has 0 aliphatic carbocycles. The third-order valence-electron chi connectivity index (χ3n) is 3.03. The lowest BCUT2D eigenvalue weighted by Gasteiger charge is -2.14. The van der Waals surface area contributed by atoms with E-state index in [-0.39, 0.29) is 17.6 Å². The van der Waals surface area contributed by atoms with Crippen LogP contribution in [0.3, 0.4) is 0 Å². The molecule has 0 saturated heterocycles. The van der Waals surface area contributed by atoms with E-state index in [1.165, 1.54) is 13.2 Å². The summed E-state index contributed by atoms with van der Waals surface area (Å²) in [6, 6.07) is 6.75. The Morgan fingerprint density at radius 1 is 1.30 bits per heavy atom. The number of hydrogen-bond donors (Lipinski definition) is 2. The Morgan fingerprint density at radius 2 is 2.10 bits per heavy atom. The second kappa shape index (κ2) is 6.69. The van der Waals surface area contributed by atoms with Gasteiger partial charge in [-0.05, 0) is 30.2 Å². The van der Waals surface area contributed by atoms with Crippen LogP contribution in [0.4, 0.5) is 4.39 Å². The minimum absolute atomic E-state index is 0.0864. The van der Waals surface area contributed by atoms with Crippen LogP contribution in [-0.2, 0) is 6.42 Å². The first-order chi connectivity index (χ1) is 9.67. The molecule has 0 radical (unpaired) electrons. The molecule has 0 saturated carbocycles. The molecule has 20 heavy (non-hydrogen) atoms. The molecule has 0 amide bonds. The van der Waals surface area contributed by atoms with Crippen LogP contribution >= 0.6 is 11.3 Å². The van der Waals surface area contributed by atoms with Crippen LogP contribution < -0.4 is 20.7 Å². The van der Waals surface area contributed by atoms with Gasteiger partial charge in [-0.1, -0.05) is 6.07 Å². The molecule has 1 aromatic carbocycles. The molecule has 1 heterocycles. The Balaban J connectivity index is 2.15. The number of nitrogens with two attached hydrogens (primary N) is 1. The highest BCUT2D eigenvalue weighted by molar-refractivity contribution is 7.10. The number of thiophene rings is 1. The van der Waals surface area contributed by atoms with Crippen molar-refractivity contribution in [3.8, 4) is 11.5 Å². The van der Waals surface area contributed by atoms with Gasteiger partial charge in [0.2, 0.25) is 0 Å². The maximum Gasteiger partial charge on any atom is 0.165 e.